The zero-order valence-corrected chi connectivity index (χ0v) is 15.0. The number of benzene rings is 1. The maximum atomic E-state index is 12.7. The van der Waals surface area contributed by atoms with Crippen LogP contribution in [0.5, 0.6) is 0 Å². The SMILES string of the molecule is COCC1(CNC(=O)c2ccccc2-n2cnnn2)CCNCC1.Cl. The number of rotatable bonds is 6. The standard InChI is InChI=1S/C16H22N6O2.ClH/c1-24-11-16(6-8-17-9-7-16)10-18-15(23)13-4-2-3-5-14(13)22-12-19-20-21-22;/h2-5,12,17H,6-11H2,1H3,(H,18,23);1H. The molecule has 0 aliphatic carbocycles. The van der Waals surface area contributed by atoms with E-state index in [2.05, 4.69) is 26.2 Å². The first-order chi connectivity index (χ1) is 11.7. The van der Waals surface area contributed by atoms with Crippen LogP contribution in [0.1, 0.15) is 23.2 Å². The van der Waals surface area contributed by atoms with Gasteiger partial charge in [0.2, 0.25) is 0 Å². The average molecular weight is 367 g/mol. The molecule has 25 heavy (non-hydrogen) atoms. The number of para-hydroxylation sites is 1. The van der Waals surface area contributed by atoms with Crippen LogP contribution in [0.2, 0.25) is 0 Å². The van der Waals surface area contributed by atoms with E-state index in [0.29, 0.717) is 24.4 Å². The van der Waals surface area contributed by atoms with Crippen LogP contribution < -0.4 is 10.6 Å². The predicted molar refractivity (Wildman–Crippen MR) is 95.1 cm³/mol. The lowest BCUT2D eigenvalue weighted by Gasteiger charge is -2.37. The van der Waals surface area contributed by atoms with Crippen molar-refractivity contribution in [1.29, 1.82) is 0 Å². The molecule has 8 nitrogen and oxygen atoms in total. The molecule has 1 saturated heterocycles. The van der Waals surface area contributed by atoms with Crippen molar-refractivity contribution in [1.82, 2.24) is 30.8 Å². The van der Waals surface area contributed by atoms with Gasteiger partial charge >= 0.3 is 0 Å². The number of nitrogens with one attached hydrogen (secondary N) is 2. The Bertz CT molecular complexity index is 668. The lowest BCUT2D eigenvalue weighted by Crippen LogP contribution is -2.47. The smallest absolute Gasteiger partial charge is 0.253 e. The summed E-state index contributed by atoms with van der Waals surface area (Å²) < 4.78 is 6.89. The molecule has 1 aliphatic rings. The molecule has 1 aliphatic heterocycles. The van der Waals surface area contributed by atoms with Gasteiger partial charge in [-0.2, -0.15) is 4.68 Å². The topological polar surface area (TPSA) is 94.0 Å². The fourth-order valence-electron chi connectivity index (χ4n) is 3.14. The molecule has 0 spiro atoms. The molecule has 3 rings (SSSR count). The Hall–Kier alpha value is -2.03. The number of piperidine rings is 1. The molecule has 0 bridgehead atoms. The van der Waals surface area contributed by atoms with Crippen molar-refractivity contribution in [2.45, 2.75) is 12.8 Å². The van der Waals surface area contributed by atoms with Gasteiger partial charge in [-0.15, -0.1) is 17.5 Å². The maximum Gasteiger partial charge on any atom is 0.253 e. The second kappa shape index (κ2) is 8.89. The molecule has 9 heteroatoms. The summed E-state index contributed by atoms with van der Waals surface area (Å²) in [6, 6.07) is 7.28. The van der Waals surface area contributed by atoms with Crippen molar-refractivity contribution >= 4 is 18.3 Å². The largest absolute Gasteiger partial charge is 0.384 e. The lowest BCUT2D eigenvalue weighted by atomic mass is 9.79. The van der Waals surface area contributed by atoms with Gasteiger partial charge in [0.1, 0.15) is 6.33 Å². The summed E-state index contributed by atoms with van der Waals surface area (Å²) in [6.07, 6.45) is 3.44. The summed E-state index contributed by atoms with van der Waals surface area (Å²) in [5.74, 6) is -0.130. The van der Waals surface area contributed by atoms with Crippen LogP contribution in [0, 0.1) is 5.41 Å². The summed E-state index contributed by atoms with van der Waals surface area (Å²) in [5.41, 5.74) is 1.19. The quantitative estimate of drug-likeness (QED) is 0.786. The van der Waals surface area contributed by atoms with Gasteiger partial charge in [-0.05, 0) is 48.5 Å². The summed E-state index contributed by atoms with van der Waals surface area (Å²) in [6.45, 7) is 3.12. The van der Waals surface area contributed by atoms with Gasteiger partial charge in [-0.1, -0.05) is 12.1 Å². The lowest BCUT2D eigenvalue weighted by molar-refractivity contribution is 0.0511. The first kappa shape index (κ1) is 19.3. The van der Waals surface area contributed by atoms with Gasteiger partial charge in [0.15, 0.2) is 0 Å². The molecule has 136 valence electrons. The summed E-state index contributed by atoms with van der Waals surface area (Å²) >= 11 is 0. The molecule has 1 aromatic carbocycles. The second-order valence-electron chi connectivity index (χ2n) is 6.14. The number of hydrogen-bond acceptors (Lipinski definition) is 6. The van der Waals surface area contributed by atoms with E-state index in [1.165, 1.54) is 11.0 Å². The molecule has 1 amide bonds. The number of nitrogens with zero attached hydrogens (tertiary/aromatic N) is 4. The third kappa shape index (κ3) is 4.53. The zero-order chi connectivity index (χ0) is 16.8. The molecule has 2 N–H and O–H groups in total. The summed E-state index contributed by atoms with van der Waals surface area (Å²) in [4.78, 5) is 12.7. The number of carbonyl (C=O) groups is 1. The van der Waals surface area contributed by atoms with E-state index in [-0.39, 0.29) is 23.7 Å². The van der Waals surface area contributed by atoms with Crippen molar-refractivity contribution in [2.75, 3.05) is 33.4 Å². The Morgan fingerprint density at radius 1 is 1.36 bits per heavy atom. The predicted octanol–water partition coefficient (Wildman–Crippen LogP) is 0.830. The highest BCUT2D eigenvalue weighted by molar-refractivity contribution is 5.97. The van der Waals surface area contributed by atoms with Crippen LogP contribution in [0.4, 0.5) is 0 Å². The minimum Gasteiger partial charge on any atom is -0.384 e. The number of tetrazole rings is 1. The molecule has 2 heterocycles. The Morgan fingerprint density at radius 3 is 2.80 bits per heavy atom. The van der Waals surface area contributed by atoms with E-state index < -0.39 is 0 Å². The Morgan fingerprint density at radius 2 is 2.12 bits per heavy atom. The van der Waals surface area contributed by atoms with Crippen molar-refractivity contribution < 1.29 is 9.53 Å². The number of carbonyl (C=O) groups excluding carboxylic acids is 1. The summed E-state index contributed by atoms with van der Waals surface area (Å²) in [5, 5.41) is 17.6. The molecule has 0 atom stereocenters. The molecular weight excluding hydrogens is 344 g/mol. The molecule has 0 saturated carbocycles. The normalized spacial score (nSPS) is 16.0. The third-order valence-electron chi connectivity index (χ3n) is 4.48. The highest BCUT2D eigenvalue weighted by Crippen LogP contribution is 2.28. The molecule has 1 aromatic heterocycles. The van der Waals surface area contributed by atoms with Gasteiger partial charge < -0.3 is 15.4 Å². The number of aromatic nitrogens is 4. The summed E-state index contributed by atoms with van der Waals surface area (Å²) in [7, 11) is 1.71. The van der Waals surface area contributed by atoms with Gasteiger partial charge in [-0.3, -0.25) is 4.79 Å². The van der Waals surface area contributed by atoms with Crippen LogP contribution in [-0.4, -0.2) is 59.5 Å². The van der Waals surface area contributed by atoms with Crippen molar-refractivity contribution in [3.63, 3.8) is 0 Å². The third-order valence-corrected chi connectivity index (χ3v) is 4.48. The van der Waals surface area contributed by atoms with E-state index in [4.69, 9.17) is 4.74 Å². The molecular formula is C16H23ClN6O2. The minimum atomic E-state index is -0.130. The number of amides is 1. The van der Waals surface area contributed by atoms with Crippen LogP contribution in [0.25, 0.3) is 5.69 Å². The van der Waals surface area contributed by atoms with Crippen molar-refractivity contribution in [3.05, 3.63) is 36.2 Å². The number of halogens is 1. The van der Waals surface area contributed by atoms with Crippen LogP contribution >= 0.6 is 12.4 Å². The van der Waals surface area contributed by atoms with E-state index in [9.17, 15) is 4.79 Å². The van der Waals surface area contributed by atoms with E-state index in [0.717, 1.165) is 25.9 Å². The molecule has 2 aromatic rings. The van der Waals surface area contributed by atoms with Crippen molar-refractivity contribution in [3.8, 4) is 5.69 Å². The fourth-order valence-corrected chi connectivity index (χ4v) is 3.14. The highest BCUT2D eigenvalue weighted by atomic mass is 35.5. The number of ether oxygens (including phenoxy) is 1. The zero-order valence-electron chi connectivity index (χ0n) is 14.1. The maximum absolute atomic E-state index is 12.7. The first-order valence-electron chi connectivity index (χ1n) is 8.04. The van der Waals surface area contributed by atoms with Gasteiger partial charge in [0, 0.05) is 19.1 Å². The molecule has 0 unspecified atom stereocenters. The molecule has 0 radical (unpaired) electrons. The Kier molecular flexibility index (Phi) is 6.86. The van der Waals surface area contributed by atoms with Gasteiger partial charge in [0.05, 0.1) is 17.9 Å². The van der Waals surface area contributed by atoms with Gasteiger partial charge in [0.25, 0.3) is 5.91 Å². The van der Waals surface area contributed by atoms with E-state index >= 15 is 0 Å². The van der Waals surface area contributed by atoms with E-state index in [1.54, 1.807) is 13.2 Å². The van der Waals surface area contributed by atoms with Crippen LogP contribution in [0.3, 0.4) is 0 Å². The highest BCUT2D eigenvalue weighted by Gasteiger charge is 2.32. The average Bonchev–Trinajstić information content (AvgIpc) is 3.15. The first-order valence-corrected chi connectivity index (χ1v) is 8.04. The van der Waals surface area contributed by atoms with Crippen molar-refractivity contribution in [2.24, 2.45) is 5.41 Å². The minimum absolute atomic E-state index is 0. The number of hydrogen-bond donors (Lipinski definition) is 2. The van der Waals surface area contributed by atoms with Gasteiger partial charge in [-0.25, -0.2) is 0 Å². The van der Waals surface area contributed by atoms with Crippen LogP contribution in [0.15, 0.2) is 30.6 Å². The molecule has 1 fully saturated rings. The monoisotopic (exact) mass is 366 g/mol. The van der Waals surface area contributed by atoms with Crippen LogP contribution in [-0.2, 0) is 4.74 Å². The Labute approximate surface area is 152 Å². The number of methoxy groups -OCH3 is 1. The van der Waals surface area contributed by atoms with E-state index in [1.807, 2.05) is 18.2 Å². The second-order valence-corrected chi connectivity index (χ2v) is 6.14. The Balaban J connectivity index is 0.00000225. The fraction of sp³-hybridized carbons (Fsp3) is 0.500.